The summed E-state index contributed by atoms with van der Waals surface area (Å²) in [4.78, 5) is 16.3. The van der Waals surface area contributed by atoms with Gasteiger partial charge in [-0.25, -0.2) is 9.97 Å². The summed E-state index contributed by atoms with van der Waals surface area (Å²) in [7, 11) is 0. The van der Waals surface area contributed by atoms with E-state index in [9.17, 15) is 5.26 Å². The van der Waals surface area contributed by atoms with Gasteiger partial charge in [0.1, 0.15) is 12.4 Å². The zero-order valence-electron chi connectivity index (χ0n) is 32.3. The van der Waals surface area contributed by atoms with Crippen LogP contribution in [-0.4, -0.2) is 28.9 Å². The molecule has 0 saturated carbocycles. The van der Waals surface area contributed by atoms with Crippen LogP contribution in [-0.2, 0) is 25.9 Å². The lowest BCUT2D eigenvalue weighted by molar-refractivity contribution is 0.654. The van der Waals surface area contributed by atoms with Crippen LogP contribution >= 0.6 is 69.1 Å². The number of nitriles is 1. The zero-order chi connectivity index (χ0) is 41.1. The number of aromatic nitrogens is 2. The number of nitrogens with two attached hydrogens (primary N) is 1. The number of nitrogens with zero attached hydrogens (tertiary/aromatic N) is 5. The van der Waals surface area contributed by atoms with E-state index in [2.05, 4.69) is 58.0 Å². The average molecular weight is 878 g/mol. The molecule has 2 heterocycles. The van der Waals surface area contributed by atoms with Gasteiger partial charge in [-0.2, -0.15) is 5.26 Å². The van der Waals surface area contributed by atoms with E-state index in [1.54, 1.807) is 34.8 Å². The quantitative estimate of drug-likeness (QED) is 0.0605. The molecule has 0 atom stereocenters. The van der Waals surface area contributed by atoms with Crippen molar-refractivity contribution in [1.29, 1.82) is 10.7 Å². The minimum atomic E-state index is 0.109. The second-order valence-electron chi connectivity index (χ2n) is 14.4. The number of amidine groups is 1. The van der Waals surface area contributed by atoms with Crippen molar-refractivity contribution in [2.75, 3.05) is 22.9 Å². The molecule has 2 aromatic heterocycles. The van der Waals surface area contributed by atoms with Gasteiger partial charge < -0.3 is 15.5 Å². The van der Waals surface area contributed by atoms with Gasteiger partial charge in [-0.3, -0.25) is 5.41 Å². The Kier molecular flexibility index (Phi) is 16.2. The molecule has 4 aromatic carbocycles. The summed E-state index contributed by atoms with van der Waals surface area (Å²) in [6.07, 6.45) is 1.82. The predicted octanol–water partition coefficient (Wildman–Crippen LogP) is 13.1. The number of halogens is 4. The fourth-order valence-corrected chi connectivity index (χ4v) is 9.17. The first-order chi connectivity index (χ1) is 27.3. The molecule has 0 aliphatic heterocycles. The molecule has 0 radical (unpaired) electrons. The van der Waals surface area contributed by atoms with Crippen LogP contribution in [0.5, 0.6) is 0 Å². The number of rotatable bonds is 15. The maximum atomic E-state index is 9.33. The Labute approximate surface area is 364 Å². The highest BCUT2D eigenvalue weighted by Gasteiger charge is 2.21. The van der Waals surface area contributed by atoms with Crippen molar-refractivity contribution in [3.8, 4) is 28.6 Å². The van der Waals surface area contributed by atoms with Crippen LogP contribution in [0.1, 0.15) is 48.6 Å². The molecular weight excluding hydrogens is 832 g/mol. The summed E-state index contributed by atoms with van der Waals surface area (Å²) >= 11 is 28.0. The van der Waals surface area contributed by atoms with Crippen LogP contribution in [0.2, 0.25) is 20.1 Å². The predicted molar refractivity (Wildman–Crippen MR) is 245 cm³/mol. The third-order valence-electron chi connectivity index (χ3n) is 8.54. The Balaban J connectivity index is 0.000000218. The van der Waals surface area contributed by atoms with Crippen LogP contribution in [0.3, 0.4) is 0 Å². The van der Waals surface area contributed by atoms with E-state index >= 15 is 0 Å². The maximum Gasteiger partial charge on any atom is 0.187 e. The van der Waals surface area contributed by atoms with Crippen LogP contribution in [0.4, 0.5) is 10.3 Å². The van der Waals surface area contributed by atoms with E-state index in [0.29, 0.717) is 51.6 Å². The summed E-state index contributed by atoms with van der Waals surface area (Å²) in [5.74, 6) is 1.09. The topological polar surface area (TPSA) is 106 Å². The molecular formula is C44H45Cl4N7S2. The largest absolute Gasteiger partial charge is 0.386 e. The van der Waals surface area contributed by atoms with Gasteiger partial charge in [-0.1, -0.05) is 147 Å². The minimum Gasteiger partial charge on any atom is -0.386 e. The molecule has 0 bridgehead atoms. The lowest BCUT2D eigenvalue weighted by Crippen LogP contribution is -2.32. The van der Waals surface area contributed by atoms with Crippen molar-refractivity contribution in [3.63, 3.8) is 0 Å². The summed E-state index contributed by atoms with van der Waals surface area (Å²) in [6.45, 7) is 10.6. The van der Waals surface area contributed by atoms with Gasteiger partial charge in [-0.15, -0.1) is 22.7 Å². The molecule has 7 nitrogen and oxygen atoms in total. The number of thiazole rings is 2. The van der Waals surface area contributed by atoms with Crippen molar-refractivity contribution in [1.82, 2.24) is 9.97 Å². The third kappa shape index (κ3) is 12.7. The molecule has 0 amide bonds. The standard InChI is InChI=1S/C22H24Cl2N4S.C22H21Cl2N3S/c1-14(2)10-19-21(16-8-9-17(23)18(24)11-16)27-22(29-19)28(13-20(25)26)12-15-6-4-3-5-7-15;1-15(2)12-20-21(17-8-9-18(23)19(24)13-17)26-22(28-20)27(11-10-25)14-16-6-4-3-5-7-16/h3-9,11,14H,10,12-13H2,1-2H3,(H3,25,26);3-9,13,15H,11-12,14H2,1-2H3. The number of hydrogen-bond donors (Lipinski definition) is 2. The van der Waals surface area contributed by atoms with Gasteiger partial charge in [0.2, 0.25) is 0 Å². The molecule has 0 aliphatic rings. The first-order valence-corrected chi connectivity index (χ1v) is 21.6. The number of benzene rings is 4. The highest BCUT2D eigenvalue weighted by molar-refractivity contribution is 7.16. The lowest BCUT2D eigenvalue weighted by atomic mass is 10.0. The van der Waals surface area contributed by atoms with Crippen molar-refractivity contribution < 1.29 is 0 Å². The summed E-state index contributed by atoms with van der Waals surface area (Å²) < 4.78 is 0. The first-order valence-electron chi connectivity index (χ1n) is 18.5. The van der Waals surface area contributed by atoms with E-state index in [1.165, 1.54) is 9.75 Å². The molecule has 57 heavy (non-hydrogen) atoms. The number of anilines is 2. The smallest absolute Gasteiger partial charge is 0.187 e. The highest BCUT2D eigenvalue weighted by Crippen LogP contribution is 2.39. The third-order valence-corrected chi connectivity index (χ3v) is 12.3. The minimum absolute atomic E-state index is 0.109. The van der Waals surface area contributed by atoms with Crippen LogP contribution in [0, 0.1) is 28.6 Å². The lowest BCUT2D eigenvalue weighted by Gasteiger charge is -2.21. The number of hydrogen-bond acceptors (Lipinski definition) is 8. The summed E-state index contributed by atoms with van der Waals surface area (Å²) in [5, 5.41) is 20.9. The summed E-state index contributed by atoms with van der Waals surface area (Å²) in [5.41, 5.74) is 11.8. The molecule has 6 rings (SSSR count). The van der Waals surface area contributed by atoms with Crippen molar-refractivity contribution in [3.05, 3.63) is 138 Å². The fourth-order valence-electron chi connectivity index (χ4n) is 5.99. The number of nitrogens with one attached hydrogen (secondary N) is 1. The van der Waals surface area contributed by atoms with Gasteiger partial charge in [-0.05, 0) is 60.1 Å². The van der Waals surface area contributed by atoms with Crippen molar-refractivity contribution in [2.24, 2.45) is 17.6 Å². The zero-order valence-corrected chi connectivity index (χ0v) is 36.9. The van der Waals surface area contributed by atoms with E-state index in [-0.39, 0.29) is 12.4 Å². The van der Waals surface area contributed by atoms with E-state index in [0.717, 1.165) is 56.7 Å². The molecule has 0 fully saturated rings. The Morgan fingerprint density at radius 2 is 1.09 bits per heavy atom. The first kappa shape index (κ1) is 44.0. The Hall–Kier alpha value is -4.14. The Morgan fingerprint density at radius 1 is 0.667 bits per heavy atom. The maximum absolute atomic E-state index is 9.33. The monoisotopic (exact) mass is 875 g/mol. The van der Waals surface area contributed by atoms with Gasteiger partial charge >= 0.3 is 0 Å². The molecule has 13 heteroatoms. The highest BCUT2D eigenvalue weighted by atomic mass is 35.5. The average Bonchev–Trinajstić information content (AvgIpc) is 3.78. The van der Waals surface area contributed by atoms with E-state index < -0.39 is 0 Å². The Bertz CT molecular complexity index is 2290. The van der Waals surface area contributed by atoms with Crippen LogP contribution < -0.4 is 15.5 Å². The van der Waals surface area contributed by atoms with Crippen LogP contribution in [0.25, 0.3) is 22.5 Å². The second kappa shape index (κ2) is 21.0. The van der Waals surface area contributed by atoms with Crippen LogP contribution in [0.15, 0.2) is 97.1 Å². The molecule has 296 valence electrons. The fraction of sp³-hybridized carbons (Fsp3) is 0.273. The normalized spacial score (nSPS) is 11.0. The SMILES string of the molecule is CC(C)Cc1sc(N(CC#N)Cc2ccccc2)nc1-c1ccc(Cl)c(Cl)c1.CC(C)Cc1sc(N(CC(=N)N)Cc2ccccc2)nc1-c1ccc(Cl)c(Cl)c1. The molecule has 0 unspecified atom stereocenters. The van der Waals surface area contributed by atoms with Crippen molar-refractivity contribution >= 4 is 85.2 Å². The summed E-state index contributed by atoms with van der Waals surface area (Å²) in [6, 6.07) is 33.7. The van der Waals surface area contributed by atoms with Gasteiger partial charge in [0.25, 0.3) is 0 Å². The molecule has 3 N–H and O–H groups in total. The van der Waals surface area contributed by atoms with Crippen molar-refractivity contribution in [2.45, 2.75) is 53.6 Å². The second-order valence-corrected chi connectivity index (χ2v) is 18.1. The van der Waals surface area contributed by atoms with E-state index in [1.807, 2.05) is 70.5 Å². The molecule has 0 saturated heterocycles. The molecule has 0 spiro atoms. The van der Waals surface area contributed by atoms with Gasteiger partial charge in [0, 0.05) is 34.0 Å². The molecule has 0 aliphatic carbocycles. The van der Waals surface area contributed by atoms with Gasteiger partial charge in [0.05, 0.1) is 44.1 Å². The Morgan fingerprint density at radius 3 is 1.47 bits per heavy atom. The molecule has 6 aromatic rings. The van der Waals surface area contributed by atoms with E-state index in [4.69, 9.17) is 67.5 Å². The van der Waals surface area contributed by atoms with Gasteiger partial charge in [0.15, 0.2) is 10.3 Å².